The Morgan fingerprint density at radius 2 is 0.840 bits per heavy atom. The van der Waals surface area contributed by atoms with Crippen molar-refractivity contribution in [3.05, 3.63) is 97.2 Å². The van der Waals surface area contributed by atoms with Crippen LogP contribution in [-0.2, 0) is 14.3 Å². The van der Waals surface area contributed by atoms with Gasteiger partial charge in [-0.1, -0.05) is 259 Å². The van der Waals surface area contributed by atoms with Crippen LogP contribution in [0.15, 0.2) is 97.2 Å². The first kappa shape index (κ1) is 70.1. The van der Waals surface area contributed by atoms with Crippen LogP contribution in [0.25, 0.3) is 0 Å². The van der Waals surface area contributed by atoms with Gasteiger partial charge >= 0.3 is 0 Å². The molecule has 0 aromatic carbocycles. The number of aliphatic hydroxyl groups is 5. The van der Waals surface area contributed by atoms with Gasteiger partial charge in [-0.2, -0.15) is 0 Å². The molecule has 1 saturated heterocycles. The van der Waals surface area contributed by atoms with Crippen LogP contribution in [0.4, 0.5) is 0 Å². The predicted octanol–water partition coefficient (Wildman–Crippen LogP) is 16.0. The Balaban J connectivity index is 2.23. The van der Waals surface area contributed by atoms with Crippen LogP contribution in [0.5, 0.6) is 0 Å². The third-order valence-corrected chi connectivity index (χ3v) is 14.1. The molecule has 1 rings (SSSR count). The maximum Gasteiger partial charge on any atom is 0.220 e. The van der Waals surface area contributed by atoms with Crippen LogP contribution in [0.1, 0.15) is 258 Å². The highest BCUT2D eigenvalue weighted by atomic mass is 16.7. The molecule has 0 radical (unpaired) electrons. The van der Waals surface area contributed by atoms with Crippen molar-refractivity contribution < 1.29 is 39.8 Å². The highest BCUT2D eigenvalue weighted by molar-refractivity contribution is 5.76. The van der Waals surface area contributed by atoms with Gasteiger partial charge in [0.25, 0.3) is 0 Å². The molecule has 1 heterocycles. The van der Waals surface area contributed by atoms with Gasteiger partial charge < -0.3 is 40.3 Å². The van der Waals surface area contributed by atoms with E-state index >= 15 is 0 Å². The van der Waals surface area contributed by atoms with E-state index in [1.807, 2.05) is 6.08 Å². The van der Waals surface area contributed by atoms with E-state index < -0.39 is 49.5 Å². The van der Waals surface area contributed by atoms with Crippen molar-refractivity contribution in [1.82, 2.24) is 5.32 Å². The van der Waals surface area contributed by atoms with Crippen molar-refractivity contribution in [2.24, 2.45) is 0 Å². The lowest BCUT2D eigenvalue weighted by molar-refractivity contribution is -0.302. The van der Waals surface area contributed by atoms with E-state index in [1.54, 1.807) is 6.08 Å². The first-order valence-electron chi connectivity index (χ1n) is 31.0. The fourth-order valence-corrected chi connectivity index (χ4v) is 9.28. The fraction of sp³-hybridized carbons (Fsp3) is 0.742. The standard InChI is InChI=1S/C66H115NO8/c1-3-5-7-9-11-13-15-17-19-21-23-24-25-26-27-28-29-30-31-32-33-34-35-36-38-39-41-43-45-47-49-51-53-55-60(69)59(58-74-66-65(73)64(72)63(71)61(57-68)75-66)67-62(70)56-54-52-50-48-46-44-42-40-37-22-20-18-16-14-12-10-8-6-4-2/h6,8,12,14,18,20,37-40,44-47,53,55,59-61,63-66,68-69,71-73H,3-5,7,9-11,13,15-17,19,21-36,41-43,48-52,54,56-58H2,1-2H3,(H,67,70)/b8-6-,14-12-,20-18-,39-38+,40-37-,46-44-,47-45+,55-53+. The first-order valence-corrected chi connectivity index (χ1v) is 31.0. The summed E-state index contributed by atoms with van der Waals surface area (Å²) in [6.45, 7) is 3.63. The van der Waals surface area contributed by atoms with Gasteiger partial charge in [0.1, 0.15) is 24.4 Å². The molecule has 0 spiro atoms. The molecule has 9 heteroatoms. The van der Waals surface area contributed by atoms with E-state index in [2.05, 4.69) is 104 Å². The van der Waals surface area contributed by atoms with Gasteiger partial charge in [-0.15, -0.1) is 0 Å². The van der Waals surface area contributed by atoms with Crippen LogP contribution in [0.3, 0.4) is 0 Å². The van der Waals surface area contributed by atoms with Gasteiger partial charge in [-0.25, -0.2) is 0 Å². The molecule has 1 aliphatic heterocycles. The van der Waals surface area contributed by atoms with Gasteiger partial charge in [-0.3, -0.25) is 4.79 Å². The molecule has 6 N–H and O–H groups in total. The number of hydrogen-bond donors (Lipinski definition) is 6. The molecule has 0 aromatic rings. The van der Waals surface area contributed by atoms with Crippen LogP contribution < -0.4 is 5.32 Å². The summed E-state index contributed by atoms with van der Waals surface area (Å²) in [5, 5.41) is 54.5. The number of nitrogens with one attached hydrogen (secondary N) is 1. The monoisotopic (exact) mass is 1050 g/mol. The summed E-state index contributed by atoms with van der Waals surface area (Å²) < 4.78 is 11.2. The van der Waals surface area contributed by atoms with E-state index in [1.165, 1.54) is 148 Å². The number of carbonyl (C=O) groups excluding carboxylic acids is 1. The average molecular weight is 1050 g/mol. The SMILES string of the molecule is CC/C=C\C/C=C\C/C=C\C/C=C\C/C=C\CCCCCC(=O)NC(COC1OC(CO)C(O)C(O)C1O)C(O)/C=C/CC/C=C/CC/C=C/CCCCCCCCCCCCCCCCCCCCCCCCC. The first-order chi connectivity index (χ1) is 36.8. The van der Waals surface area contributed by atoms with Crippen LogP contribution in [-0.4, -0.2) is 87.5 Å². The zero-order valence-electron chi connectivity index (χ0n) is 48.0. The van der Waals surface area contributed by atoms with Crippen molar-refractivity contribution in [3.8, 4) is 0 Å². The predicted molar refractivity (Wildman–Crippen MR) is 318 cm³/mol. The minimum Gasteiger partial charge on any atom is -0.394 e. The second kappa shape index (κ2) is 54.5. The number of carbonyl (C=O) groups is 1. The number of hydrogen-bond acceptors (Lipinski definition) is 8. The molecule has 0 bridgehead atoms. The molecule has 0 aliphatic carbocycles. The molecule has 9 nitrogen and oxygen atoms in total. The van der Waals surface area contributed by atoms with E-state index in [0.29, 0.717) is 6.42 Å². The molecule has 1 aliphatic rings. The fourth-order valence-electron chi connectivity index (χ4n) is 9.28. The Bertz CT molecular complexity index is 1500. The van der Waals surface area contributed by atoms with Crippen molar-refractivity contribution in [1.29, 1.82) is 0 Å². The maximum absolute atomic E-state index is 13.0. The minimum absolute atomic E-state index is 0.224. The number of allylic oxidation sites excluding steroid dienone is 15. The maximum atomic E-state index is 13.0. The lowest BCUT2D eigenvalue weighted by Gasteiger charge is -2.40. The third kappa shape index (κ3) is 43.7. The van der Waals surface area contributed by atoms with Gasteiger partial charge in [0.2, 0.25) is 5.91 Å². The molecule has 0 saturated carbocycles. The highest BCUT2D eigenvalue weighted by Gasteiger charge is 2.44. The Morgan fingerprint density at radius 3 is 1.28 bits per heavy atom. The van der Waals surface area contributed by atoms with Crippen molar-refractivity contribution in [2.75, 3.05) is 13.2 Å². The Hall–Kier alpha value is -2.89. The summed E-state index contributed by atoms with van der Waals surface area (Å²) in [6.07, 6.45) is 72.2. The summed E-state index contributed by atoms with van der Waals surface area (Å²) in [6, 6.07) is -0.854. The van der Waals surface area contributed by atoms with Crippen molar-refractivity contribution >= 4 is 5.91 Å². The molecule has 1 amide bonds. The zero-order valence-corrected chi connectivity index (χ0v) is 48.0. The average Bonchev–Trinajstić information content (AvgIpc) is 3.41. The molecule has 432 valence electrons. The van der Waals surface area contributed by atoms with Crippen molar-refractivity contribution in [3.63, 3.8) is 0 Å². The number of aliphatic hydroxyl groups excluding tert-OH is 5. The normalized spacial score (nSPS) is 19.6. The Morgan fingerprint density at radius 1 is 0.467 bits per heavy atom. The van der Waals surface area contributed by atoms with Crippen LogP contribution in [0, 0.1) is 0 Å². The molecule has 7 unspecified atom stereocenters. The second-order valence-electron chi connectivity index (χ2n) is 21.1. The Kier molecular flexibility index (Phi) is 50.9. The number of amides is 1. The van der Waals surface area contributed by atoms with E-state index in [0.717, 1.165) is 83.5 Å². The quantitative estimate of drug-likeness (QED) is 0.0261. The zero-order chi connectivity index (χ0) is 54.3. The Labute approximate surface area is 460 Å². The van der Waals surface area contributed by atoms with Gasteiger partial charge in [0.05, 0.1) is 25.4 Å². The summed E-state index contributed by atoms with van der Waals surface area (Å²) in [7, 11) is 0. The lowest BCUT2D eigenvalue weighted by atomic mass is 9.99. The number of unbranched alkanes of at least 4 members (excludes halogenated alkanes) is 28. The molecule has 75 heavy (non-hydrogen) atoms. The minimum atomic E-state index is -1.59. The number of rotatable bonds is 52. The summed E-state index contributed by atoms with van der Waals surface area (Å²) in [5.74, 6) is -0.224. The molecule has 1 fully saturated rings. The van der Waals surface area contributed by atoms with Gasteiger partial charge in [0.15, 0.2) is 6.29 Å². The summed E-state index contributed by atoms with van der Waals surface area (Å²) in [5.41, 5.74) is 0. The van der Waals surface area contributed by atoms with Gasteiger partial charge in [-0.05, 0) is 89.9 Å². The van der Waals surface area contributed by atoms with Crippen molar-refractivity contribution in [2.45, 2.75) is 301 Å². The lowest BCUT2D eigenvalue weighted by Crippen LogP contribution is -2.60. The van der Waals surface area contributed by atoms with E-state index in [9.17, 15) is 30.3 Å². The topological polar surface area (TPSA) is 149 Å². The highest BCUT2D eigenvalue weighted by Crippen LogP contribution is 2.23. The molecule has 7 atom stereocenters. The van der Waals surface area contributed by atoms with E-state index in [4.69, 9.17) is 9.47 Å². The second-order valence-corrected chi connectivity index (χ2v) is 21.1. The summed E-state index contributed by atoms with van der Waals surface area (Å²) in [4.78, 5) is 13.0. The summed E-state index contributed by atoms with van der Waals surface area (Å²) >= 11 is 0. The van der Waals surface area contributed by atoms with Gasteiger partial charge in [0, 0.05) is 6.42 Å². The molecular formula is C66H115NO8. The molecule has 0 aromatic heterocycles. The number of ether oxygens (including phenoxy) is 2. The third-order valence-electron chi connectivity index (χ3n) is 14.1. The van der Waals surface area contributed by atoms with E-state index in [-0.39, 0.29) is 18.9 Å². The molecular weight excluding hydrogens is 935 g/mol. The van der Waals surface area contributed by atoms with Crippen LogP contribution >= 0.6 is 0 Å². The smallest absolute Gasteiger partial charge is 0.220 e. The van der Waals surface area contributed by atoms with Crippen LogP contribution in [0.2, 0.25) is 0 Å². The largest absolute Gasteiger partial charge is 0.394 e.